The zero-order valence-corrected chi connectivity index (χ0v) is 22.0. The van der Waals surface area contributed by atoms with E-state index in [2.05, 4.69) is 30.7 Å². The molecule has 190 valence electrons. The van der Waals surface area contributed by atoms with Crippen LogP contribution in [0.3, 0.4) is 0 Å². The molecule has 0 amide bonds. The number of allylic oxidation sites excluding steroid dienone is 1. The highest BCUT2D eigenvalue weighted by atomic mass is 79.9. The van der Waals surface area contributed by atoms with E-state index in [9.17, 15) is 9.90 Å². The van der Waals surface area contributed by atoms with Crippen molar-refractivity contribution in [3.05, 3.63) is 80.6 Å². The first-order valence-electron chi connectivity index (χ1n) is 12.2. The molecule has 2 aromatic carbocycles. The number of ether oxygens (including phenoxy) is 3. The summed E-state index contributed by atoms with van der Waals surface area (Å²) in [6, 6.07) is 11.4. The summed E-state index contributed by atoms with van der Waals surface area (Å²) in [5.41, 5.74) is 3.45. The maximum Gasteiger partial charge on any atom is 0.232 e. The molecule has 0 spiro atoms. The van der Waals surface area contributed by atoms with Crippen molar-refractivity contribution in [2.75, 3.05) is 37.9 Å². The molecule has 0 bridgehead atoms. The lowest BCUT2D eigenvalue weighted by molar-refractivity contribution is -0.0165. The van der Waals surface area contributed by atoms with E-state index in [1.165, 1.54) is 0 Å². The third-order valence-corrected chi connectivity index (χ3v) is 7.40. The topological polar surface area (TPSA) is 84.4 Å². The highest BCUT2D eigenvalue weighted by Gasteiger charge is 2.34. The van der Waals surface area contributed by atoms with Gasteiger partial charge in [-0.1, -0.05) is 22.0 Å². The van der Waals surface area contributed by atoms with Crippen LogP contribution in [0.2, 0.25) is 0 Å². The van der Waals surface area contributed by atoms with Gasteiger partial charge in [-0.3, -0.25) is 9.69 Å². The number of halogens is 1. The SMILES string of the molecule is Cc1cc(O)c(CN2CCN(c3ccccn3)CC2)c2c1C(=O)/C(=C/c1cc(Br)cc3c1OCOC3)O2. The van der Waals surface area contributed by atoms with Crippen LogP contribution in [-0.4, -0.2) is 53.7 Å². The molecular weight excluding hydrogens is 538 g/mol. The number of carbonyl (C=O) groups is 1. The number of hydrogen-bond donors (Lipinski definition) is 1. The van der Waals surface area contributed by atoms with Crippen molar-refractivity contribution in [3.63, 3.8) is 0 Å². The van der Waals surface area contributed by atoms with Gasteiger partial charge in [-0.25, -0.2) is 4.98 Å². The Labute approximate surface area is 223 Å². The molecule has 8 nitrogen and oxygen atoms in total. The molecule has 1 fully saturated rings. The zero-order valence-electron chi connectivity index (χ0n) is 20.4. The molecule has 0 saturated carbocycles. The fourth-order valence-corrected chi connectivity index (χ4v) is 5.61. The number of phenols is 1. The van der Waals surface area contributed by atoms with Crippen molar-refractivity contribution in [1.82, 2.24) is 9.88 Å². The second-order valence-electron chi connectivity index (χ2n) is 9.38. The van der Waals surface area contributed by atoms with Crippen molar-refractivity contribution in [2.24, 2.45) is 0 Å². The van der Waals surface area contributed by atoms with Crippen LogP contribution >= 0.6 is 15.9 Å². The monoisotopic (exact) mass is 563 g/mol. The standard InChI is InChI=1S/C28H26BrN3O5/c1-17-10-22(33)21(14-31-6-8-32(9-7-31)24-4-2-3-5-30-24)28-25(17)26(34)23(37-28)13-18-11-20(29)12-19-15-35-16-36-27(18)19/h2-5,10-13,33H,6-9,14-16H2,1H3/b23-13-. The molecule has 3 aliphatic heterocycles. The van der Waals surface area contributed by atoms with E-state index in [1.807, 2.05) is 37.3 Å². The summed E-state index contributed by atoms with van der Waals surface area (Å²) < 4.78 is 18.2. The Morgan fingerprint density at radius 3 is 2.76 bits per heavy atom. The lowest BCUT2D eigenvalue weighted by Gasteiger charge is -2.35. The molecule has 6 rings (SSSR count). The van der Waals surface area contributed by atoms with E-state index in [0.717, 1.165) is 47.6 Å². The van der Waals surface area contributed by atoms with Gasteiger partial charge in [0, 0.05) is 54.5 Å². The van der Waals surface area contributed by atoms with Crippen molar-refractivity contribution in [2.45, 2.75) is 20.1 Å². The van der Waals surface area contributed by atoms with Crippen LogP contribution in [0.4, 0.5) is 5.82 Å². The summed E-state index contributed by atoms with van der Waals surface area (Å²) in [5, 5.41) is 10.9. The Kier molecular flexibility index (Phi) is 6.36. The summed E-state index contributed by atoms with van der Waals surface area (Å²) in [7, 11) is 0. The normalized spacial score (nSPS) is 18.4. The highest BCUT2D eigenvalue weighted by Crippen LogP contribution is 2.43. The fourth-order valence-electron chi connectivity index (χ4n) is 5.09. The van der Waals surface area contributed by atoms with Crippen molar-refractivity contribution >= 4 is 33.6 Å². The summed E-state index contributed by atoms with van der Waals surface area (Å²) in [6.45, 7) is 6.16. The lowest BCUT2D eigenvalue weighted by Crippen LogP contribution is -2.46. The molecule has 0 atom stereocenters. The number of aromatic nitrogens is 1. The predicted octanol–water partition coefficient (Wildman–Crippen LogP) is 4.66. The van der Waals surface area contributed by atoms with Crippen LogP contribution in [0, 0.1) is 6.92 Å². The maximum absolute atomic E-state index is 13.5. The summed E-state index contributed by atoms with van der Waals surface area (Å²) >= 11 is 3.53. The zero-order chi connectivity index (χ0) is 25.5. The van der Waals surface area contributed by atoms with Gasteiger partial charge in [0.2, 0.25) is 5.78 Å². The molecule has 1 saturated heterocycles. The number of pyridine rings is 1. The number of nitrogens with zero attached hydrogens (tertiary/aromatic N) is 3. The number of hydrogen-bond acceptors (Lipinski definition) is 8. The minimum absolute atomic E-state index is 0.137. The van der Waals surface area contributed by atoms with Gasteiger partial charge in [0.25, 0.3) is 0 Å². The molecule has 3 aliphatic rings. The Morgan fingerprint density at radius 2 is 1.97 bits per heavy atom. The van der Waals surface area contributed by atoms with Crippen molar-refractivity contribution in [1.29, 1.82) is 0 Å². The molecule has 3 aromatic rings. The highest BCUT2D eigenvalue weighted by molar-refractivity contribution is 9.10. The first-order chi connectivity index (χ1) is 18.0. The third-order valence-electron chi connectivity index (χ3n) is 6.94. The number of benzene rings is 2. The Bertz CT molecular complexity index is 1400. The van der Waals surface area contributed by atoms with Gasteiger partial charge in [0.15, 0.2) is 12.6 Å². The smallest absolute Gasteiger partial charge is 0.232 e. The number of anilines is 1. The van der Waals surface area contributed by atoms with Crippen LogP contribution in [0.1, 0.15) is 32.6 Å². The average Bonchev–Trinajstić information content (AvgIpc) is 3.23. The number of aromatic hydroxyl groups is 1. The first-order valence-corrected chi connectivity index (χ1v) is 13.0. The predicted molar refractivity (Wildman–Crippen MR) is 142 cm³/mol. The van der Waals surface area contributed by atoms with Gasteiger partial charge >= 0.3 is 0 Å². The molecule has 37 heavy (non-hydrogen) atoms. The fraction of sp³-hybridized carbons (Fsp3) is 0.286. The second-order valence-corrected chi connectivity index (χ2v) is 10.3. The number of aryl methyl sites for hydroxylation is 1. The molecule has 4 heterocycles. The molecule has 0 aliphatic carbocycles. The van der Waals surface area contributed by atoms with Gasteiger partial charge in [0.1, 0.15) is 23.1 Å². The van der Waals surface area contributed by atoms with Crippen molar-refractivity contribution in [3.8, 4) is 17.2 Å². The van der Waals surface area contributed by atoms with E-state index in [4.69, 9.17) is 14.2 Å². The Hall–Kier alpha value is -3.40. The Morgan fingerprint density at radius 1 is 1.14 bits per heavy atom. The molecule has 1 aromatic heterocycles. The van der Waals surface area contributed by atoms with Crippen LogP contribution in [0.5, 0.6) is 17.2 Å². The van der Waals surface area contributed by atoms with E-state index in [1.54, 1.807) is 18.3 Å². The molecule has 1 N–H and O–H groups in total. The average molecular weight is 564 g/mol. The largest absolute Gasteiger partial charge is 0.507 e. The number of fused-ring (bicyclic) bond motifs is 2. The third kappa shape index (κ3) is 4.58. The number of rotatable bonds is 4. The van der Waals surface area contributed by atoms with Crippen LogP contribution in [-0.2, 0) is 17.9 Å². The van der Waals surface area contributed by atoms with E-state index < -0.39 is 0 Å². The first kappa shape index (κ1) is 24.0. The quantitative estimate of drug-likeness (QED) is 0.459. The molecule has 0 radical (unpaired) electrons. The van der Waals surface area contributed by atoms with Gasteiger partial charge in [-0.05, 0) is 48.9 Å². The van der Waals surface area contributed by atoms with Crippen molar-refractivity contribution < 1.29 is 24.1 Å². The molecule has 9 heteroatoms. The van der Waals surface area contributed by atoms with E-state index in [-0.39, 0.29) is 24.1 Å². The number of phenolic OH excluding ortho intramolecular Hbond substituents is 1. The summed E-state index contributed by atoms with van der Waals surface area (Å²) in [4.78, 5) is 22.4. The lowest BCUT2D eigenvalue weighted by atomic mass is 9.98. The maximum atomic E-state index is 13.5. The minimum Gasteiger partial charge on any atom is -0.507 e. The van der Waals surface area contributed by atoms with Crippen LogP contribution in [0.25, 0.3) is 6.08 Å². The van der Waals surface area contributed by atoms with Gasteiger partial charge < -0.3 is 24.2 Å². The van der Waals surface area contributed by atoms with Gasteiger partial charge in [-0.2, -0.15) is 0 Å². The molecule has 0 unspecified atom stereocenters. The van der Waals surface area contributed by atoms with Gasteiger partial charge in [0.05, 0.1) is 17.7 Å². The minimum atomic E-state index is -0.200. The van der Waals surface area contributed by atoms with E-state index in [0.29, 0.717) is 41.3 Å². The number of ketones is 1. The summed E-state index contributed by atoms with van der Waals surface area (Å²) in [5.74, 6) is 2.23. The van der Waals surface area contributed by atoms with E-state index >= 15 is 0 Å². The Balaban J connectivity index is 1.27. The van der Waals surface area contributed by atoms with Gasteiger partial charge in [-0.15, -0.1) is 0 Å². The number of carbonyl (C=O) groups excluding carboxylic acids is 1. The van der Waals surface area contributed by atoms with Crippen LogP contribution in [0.15, 0.2) is 52.8 Å². The number of Topliss-reactive ketones (excluding diaryl/α,β-unsaturated/α-hetero) is 1. The second kappa shape index (κ2) is 9.81. The summed E-state index contributed by atoms with van der Waals surface area (Å²) in [6.07, 6.45) is 3.52. The number of piperazine rings is 1. The van der Waals surface area contributed by atoms with Crippen LogP contribution < -0.4 is 14.4 Å². The molecular formula is C28H26BrN3O5.